The van der Waals surface area contributed by atoms with Crippen LogP contribution in [0.5, 0.6) is 0 Å². The van der Waals surface area contributed by atoms with E-state index in [9.17, 15) is 5.11 Å². The van der Waals surface area contributed by atoms with Crippen molar-refractivity contribution in [2.45, 2.75) is 64.6 Å². The molecule has 0 aliphatic carbocycles. The van der Waals surface area contributed by atoms with Gasteiger partial charge in [0.25, 0.3) is 0 Å². The van der Waals surface area contributed by atoms with E-state index in [1.807, 2.05) is 19.2 Å². The van der Waals surface area contributed by atoms with Crippen molar-refractivity contribution in [1.29, 1.82) is 0 Å². The first-order chi connectivity index (χ1) is 8.67. The molecule has 2 heterocycles. The number of anilines is 1. The average Bonchev–Trinajstić information content (AvgIpc) is 2.79. The van der Waals surface area contributed by atoms with Crippen molar-refractivity contribution in [3.63, 3.8) is 0 Å². The quantitative estimate of drug-likeness (QED) is 0.888. The first-order valence-corrected chi connectivity index (χ1v) is 7.09. The smallest absolute Gasteiger partial charge is 0.0957 e. The number of nitrogens with zero attached hydrogens (tertiary/aromatic N) is 2. The summed E-state index contributed by atoms with van der Waals surface area (Å²) in [6.45, 7) is 6.50. The first-order valence-electron chi connectivity index (χ1n) is 7.09. The van der Waals surface area contributed by atoms with E-state index in [1.54, 1.807) is 0 Å². The maximum atomic E-state index is 9.76. The monoisotopic (exact) mass is 248 g/mol. The number of hydrogen-bond acceptors (Lipinski definition) is 3. The van der Waals surface area contributed by atoms with Crippen LogP contribution in [-0.2, 0) is 0 Å². The lowest BCUT2D eigenvalue weighted by Crippen LogP contribution is -2.34. The highest BCUT2D eigenvalue weighted by atomic mass is 16.3. The Kier molecular flexibility index (Phi) is 4.23. The van der Waals surface area contributed by atoms with Crippen molar-refractivity contribution >= 4 is 5.69 Å². The summed E-state index contributed by atoms with van der Waals surface area (Å²) in [4.78, 5) is 6.89. The second-order valence-corrected chi connectivity index (χ2v) is 5.26. The van der Waals surface area contributed by atoms with E-state index < -0.39 is 6.10 Å². The van der Waals surface area contributed by atoms with Gasteiger partial charge in [-0.05, 0) is 44.7 Å². The molecule has 1 fully saturated rings. The molecule has 0 radical (unpaired) electrons. The van der Waals surface area contributed by atoms with Crippen LogP contribution in [-0.4, -0.2) is 22.2 Å². The van der Waals surface area contributed by atoms with Crippen molar-refractivity contribution in [2.24, 2.45) is 0 Å². The Bertz CT molecular complexity index is 377. The minimum atomic E-state index is -0.433. The Morgan fingerprint density at radius 3 is 2.72 bits per heavy atom. The Hall–Kier alpha value is -1.09. The second-order valence-electron chi connectivity index (χ2n) is 5.26. The number of aliphatic hydroxyl groups excluding tert-OH is 1. The lowest BCUT2D eigenvalue weighted by Gasteiger charge is -2.30. The molecule has 0 aromatic carbocycles. The van der Waals surface area contributed by atoms with Gasteiger partial charge in [0.15, 0.2) is 0 Å². The van der Waals surface area contributed by atoms with Crippen molar-refractivity contribution < 1.29 is 5.11 Å². The summed E-state index contributed by atoms with van der Waals surface area (Å²) < 4.78 is 0. The molecule has 2 unspecified atom stereocenters. The first kappa shape index (κ1) is 13.3. The number of aliphatic hydroxyl groups is 1. The lowest BCUT2D eigenvalue weighted by molar-refractivity contribution is 0.169. The molecule has 1 N–H and O–H groups in total. The molecule has 3 nitrogen and oxygen atoms in total. The Morgan fingerprint density at radius 2 is 2.17 bits per heavy atom. The number of rotatable bonds is 4. The molecule has 0 saturated carbocycles. The summed E-state index contributed by atoms with van der Waals surface area (Å²) in [5, 5.41) is 9.76. The van der Waals surface area contributed by atoms with Crippen LogP contribution in [0.2, 0.25) is 0 Å². The number of hydrogen-bond donors (Lipinski definition) is 1. The largest absolute Gasteiger partial charge is 0.387 e. The maximum absolute atomic E-state index is 9.76. The molecular weight excluding hydrogens is 224 g/mol. The SMILES string of the molecule is CCC1CCC(C)N1c1ccc([C@H](O)CC)nc1. The Labute approximate surface area is 110 Å². The van der Waals surface area contributed by atoms with Gasteiger partial charge in [-0.2, -0.15) is 0 Å². The van der Waals surface area contributed by atoms with Gasteiger partial charge < -0.3 is 10.0 Å². The fraction of sp³-hybridized carbons (Fsp3) is 0.667. The average molecular weight is 248 g/mol. The fourth-order valence-corrected chi connectivity index (χ4v) is 2.89. The molecule has 0 spiro atoms. The number of pyridine rings is 1. The van der Waals surface area contributed by atoms with E-state index in [0.717, 1.165) is 5.69 Å². The summed E-state index contributed by atoms with van der Waals surface area (Å²) >= 11 is 0. The van der Waals surface area contributed by atoms with Crippen LogP contribution in [0, 0.1) is 0 Å². The van der Waals surface area contributed by atoms with Crippen LogP contribution in [0.1, 0.15) is 58.3 Å². The van der Waals surface area contributed by atoms with Gasteiger partial charge in [0.05, 0.1) is 23.7 Å². The molecule has 1 aliphatic heterocycles. The third-order valence-corrected chi connectivity index (χ3v) is 4.05. The molecule has 1 aromatic heterocycles. The molecule has 100 valence electrons. The van der Waals surface area contributed by atoms with Gasteiger partial charge in [0.1, 0.15) is 0 Å². The summed E-state index contributed by atoms with van der Waals surface area (Å²) in [5.74, 6) is 0. The van der Waals surface area contributed by atoms with Crippen LogP contribution in [0.15, 0.2) is 18.3 Å². The summed E-state index contributed by atoms with van der Waals surface area (Å²) in [6.07, 6.45) is 5.92. The Morgan fingerprint density at radius 1 is 1.39 bits per heavy atom. The molecule has 1 aliphatic rings. The molecule has 2 rings (SSSR count). The second kappa shape index (κ2) is 5.70. The zero-order valence-electron chi connectivity index (χ0n) is 11.6. The lowest BCUT2D eigenvalue weighted by atomic mass is 10.1. The highest BCUT2D eigenvalue weighted by Crippen LogP contribution is 2.31. The molecule has 1 aromatic rings. The van der Waals surface area contributed by atoms with Crippen LogP contribution in [0.4, 0.5) is 5.69 Å². The maximum Gasteiger partial charge on any atom is 0.0957 e. The minimum absolute atomic E-state index is 0.433. The summed E-state index contributed by atoms with van der Waals surface area (Å²) in [6, 6.07) is 5.30. The van der Waals surface area contributed by atoms with Crippen molar-refractivity contribution in [3.05, 3.63) is 24.0 Å². The third-order valence-electron chi connectivity index (χ3n) is 4.05. The van der Waals surface area contributed by atoms with Crippen LogP contribution < -0.4 is 4.90 Å². The van der Waals surface area contributed by atoms with Gasteiger partial charge in [-0.15, -0.1) is 0 Å². The summed E-state index contributed by atoms with van der Waals surface area (Å²) in [5.41, 5.74) is 1.97. The molecular formula is C15H24N2O. The zero-order valence-corrected chi connectivity index (χ0v) is 11.6. The van der Waals surface area contributed by atoms with E-state index in [0.29, 0.717) is 18.5 Å². The molecule has 1 saturated heterocycles. The predicted molar refractivity (Wildman–Crippen MR) is 74.7 cm³/mol. The van der Waals surface area contributed by atoms with E-state index in [1.165, 1.54) is 24.9 Å². The highest BCUT2D eigenvalue weighted by Gasteiger charge is 2.29. The molecule has 18 heavy (non-hydrogen) atoms. The van der Waals surface area contributed by atoms with Gasteiger partial charge in [-0.25, -0.2) is 0 Å². The van der Waals surface area contributed by atoms with Gasteiger partial charge in [0.2, 0.25) is 0 Å². The van der Waals surface area contributed by atoms with Gasteiger partial charge in [-0.1, -0.05) is 13.8 Å². The molecule has 3 heteroatoms. The van der Waals surface area contributed by atoms with Crippen LogP contribution >= 0.6 is 0 Å². The van der Waals surface area contributed by atoms with Gasteiger partial charge >= 0.3 is 0 Å². The van der Waals surface area contributed by atoms with E-state index in [4.69, 9.17) is 0 Å². The van der Waals surface area contributed by atoms with Crippen molar-refractivity contribution in [3.8, 4) is 0 Å². The van der Waals surface area contributed by atoms with Crippen molar-refractivity contribution in [2.75, 3.05) is 4.90 Å². The van der Waals surface area contributed by atoms with E-state index in [2.05, 4.69) is 29.8 Å². The van der Waals surface area contributed by atoms with Crippen LogP contribution in [0.3, 0.4) is 0 Å². The molecule has 3 atom stereocenters. The standard InChI is InChI=1S/C15H24N2O/c1-4-12-7-6-11(3)17(12)13-8-9-14(16-10-13)15(18)5-2/h8-12,15,18H,4-7H2,1-3H3/t11?,12?,15-/m1/s1. The molecule has 0 amide bonds. The van der Waals surface area contributed by atoms with E-state index >= 15 is 0 Å². The zero-order chi connectivity index (χ0) is 13.1. The van der Waals surface area contributed by atoms with E-state index in [-0.39, 0.29) is 0 Å². The Balaban J connectivity index is 2.18. The molecule has 0 bridgehead atoms. The normalized spacial score (nSPS) is 25.4. The fourth-order valence-electron chi connectivity index (χ4n) is 2.89. The summed E-state index contributed by atoms with van der Waals surface area (Å²) in [7, 11) is 0. The number of aromatic nitrogens is 1. The topological polar surface area (TPSA) is 36.4 Å². The predicted octanol–water partition coefficient (Wildman–Crippen LogP) is 3.29. The highest BCUT2D eigenvalue weighted by molar-refractivity contribution is 5.48. The van der Waals surface area contributed by atoms with Gasteiger partial charge in [0, 0.05) is 12.1 Å². The third kappa shape index (κ3) is 2.51. The van der Waals surface area contributed by atoms with Gasteiger partial charge in [-0.3, -0.25) is 4.98 Å². The van der Waals surface area contributed by atoms with Crippen LogP contribution in [0.25, 0.3) is 0 Å². The van der Waals surface area contributed by atoms with Crippen molar-refractivity contribution in [1.82, 2.24) is 4.98 Å². The minimum Gasteiger partial charge on any atom is -0.387 e.